The van der Waals surface area contributed by atoms with E-state index in [-0.39, 0.29) is 5.41 Å². The maximum absolute atomic E-state index is 9.02. The van der Waals surface area contributed by atoms with E-state index in [2.05, 4.69) is 6.07 Å². The highest BCUT2D eigenvalue weighted by Crippen LogP contribution is 2.34. The number of alkyl halides is 1. The van der Waals surface area contributed by atoms with Gasteiger partial charge < -0.3 is 4.74 Å². The lowest BCUT2D eigenvalue weighted by Gasteiger charge is -2.30. The Balaban J connectivity index is 2.44. The summed E-state index contributed by atoms with van der Waals surface area (Å²) in [5, 5.41) is 9.02. The van der Waals surface area contributed by atoms with Crippen LogP contribution in [0.3, 0.4) is 0 Å². The zero-order chi connectivity index (χ0) is 8.86. The zero-order valence-corrected chi connectivity index (χ0v) is 7.94. The van der Waals surface area contributed by atoms with Crippen LogP contribution >= 0.6 is 11.6 Å². The van der Waals surface area contributed by atoms with Crippen molar-refractivity contribution in [2.45, 2.75) is 25.7 Å². The third-order valence-electron chi connectivity index (χ3n) is 2.48. The average molecular weight is 188 g/mol. The molecule has 2 nitrogen and oxygen atoms in total. The first-order valence-corrected chi connectivity index (χ1v) is 4.91. The first-order chi connectivity index (χ1) is 5.83. The molecule has 1 aliphatic rings. The molecule has 1 saturated heterocycles. The predicted molar refractivity (Wildman–Crippen MR) is 48.1 cm³/mol. The topological polar surface area (TPSA) is 33.0 Å². The number of nitrogens with zero attached hydrogens (tertiary/aromatic N) is 1. The number of nitriles is 1. The Morgan fingerprint density at radius 2 is 2.08 bits per heavy atom. The molecule has 1 fully saturated rings. The van der Waals surface area contributed by atoms with Gasteiger partial charge in [0.1, 0.15) is 0 Å². The second-order valence-corrected chi connectivity index (χ2v) is 3.68. The van der Waals surface area contributed by atoms with E-state index in [0.29, 0.717) is 5.88 Å². The Labute approximate surface area is 78.5 Å². The van der Waals surface area contributed by atoms with E-state index in [1.807, 2.05) is 0 Å². The van der Waals surface area contributed by atoms with Crippen LogP contribution in [0.2, 0.25) is 0 Å². The molecule has 0 bridgehead atoms. The van der Waals surface area contributed by atoms with Gasteiger partial charge >= 0.3 is 0 Å². The summed E-state index contributed by atoms with van der Waals surface area (Å²) >= 11 is 5.60. The fourth-order valence-corrected chi connectivity index (χ4v) is 1.72. The lowest BCUT2D eigenvalue weighted by atomic mass is 9.78. The van der Waals surface area contributed by atoms with Crippen LogP contribution in [-0.4, -0.2) is 19.1 Å². The smallest absolute Gasteiger partial charge is 0.0691 e. The molecule has 0 spiro atoms. The Morgan fingerprint density at radius 1 is 1.42 bits per heavy atom. The minimum atomic E-state index is -0.132. The van der Waals surface area contributed by atoms with Gasteiger partial charge in [-0.3, -0.25) is 0 Å². The first kappa shape index (κ1) is 9.83. The van der Waals surface area contributed by atoms with E-state index in [0.717, 1.165) is 38.9 Å². The summed E-state index contributed by atoms with van der Waals surface area (Å²) in [7, 11) is 0. The van der Waals surface area contributed by atoms with Crippen LogP contribution in [0.4, 0.5) is 0 Å². The molecule has 0 atom stereocenters. The summed E-state index contributed by atoms with van der Waals surface area (Å²) in [6, 6.07) is 2.41. The second-order valence-electron chi connectivity index (χ2n) is 3.30. The molecule has 0 unspecified atom stereocenters. The van der Waals surface area contributed by atoms with Crippen LogP contribution < -0.4 is 0 Å². The lowest BCUT2D eigenvalue weighted by Crippen LogP contribution is -2.28. The number of hydrogen-bond acceptors (Lipinski definition) is 2. The molecule has 12 heavy (non-hydrogen) atoms. The fraction of sp³-hybridized carbons (Fsp3) is 0.889. The van der Waals surface area contributed by atoms with Gasteiger partial charge in [-0.25, -0.2) is 0 Å². The van der Waals surface area contributed by atoms with Gasteiger partial charge in [0.05, 0.1) is 11.5 Å². The largest absolute Gasteiger partial charge is 0.381 e. The summed E-state index contributed by atoms with van der Waals surface area (Å²) < 4.78 is 5.22. The molecular formula is C9H14ClNO. The SMILES string of the molecule is N#CC1(CCCCl)CCOCC1. The molecule has 0 N–H and O–H groups in total. The van der Waals surface area contributed by atoms with E-state index in [9.17, 15) is 0 Å². The molecule has 1 rings (SSSR count). The number of ether oxygens (including phenoxy) is 1. The van der Waals surface area contributed by atoms with E-state index >= 15 is 0 Å². The third-order valence-corrected chi connectivity index (χ3v) is 2.74. The minimum absolute atomic E-state index is 0.132. The Bertz CT molecular complexity index is 170. The van der Waals surface area contributed by atoms with Gasteiger partial charge in [-0.05, 0) is 25.7 Å². The fourth-order valence-electron chi connectivity index (χ4n) is 1.59. The highest BCUT2D eigenvalue weighted by atomic mass is 35.5. The van der Waals surface area contributed by atoms with E-state index in [1.54, 1.807) is 0 Å². The van der Waals surface area contributed by atoms with E-state index < -0.39 is 0 Å². The molecule has 0 aromatic carbocycles. The van der Waals surface area contributed by atoms with Crippen LogP contribution in [0, 0.1) is 16.7 Å². The molecule has 0 aromatic heterocycles. The summed E-state index contributed by atoms with van der Waals surface area (Å²) in [5.74, 6) is 0.657. The molecule has 3 heteroatoms. The summed E-state index contributed by atoms with van der Waals surface area (Å²) in [5.41, 5.74) is -0.132. The van der Waals surface area contributed by atoms with Crippen molar-refractivity contribution in [3.63, 3.8) is 0 Å². The molecule has 1 heterocycles. The van der Waals surface area contributed by atoms with Crippen molar-refractivity contribution >= 4 is 11.6 Å². The van der Waals surface area contributed by atoms with E-state index in [1.165, 1.54) is 0 Å². The molecule has 0 aliphatic carbocycles. The molecular weight excluding hydrogens is 174 g/mol. The van der Waals surface area contributed by atoms with E-state index in [4.69, 9.17) is 21.6 Å². The lowest BCUT2D eigenvalue weighted by molar-refractivity contribution is 0.0368. The Morgan fingerprint density at radius 3 is 2.58 bits per heavy atom. The normalized spacial score (nSPS) is 21.7. The molecule has 0 amide bonds. The van der Waals surface area contributed by atoms with Crippen molar-refractivity contribution in [3.8, 4) is 6.07 Å². The Kier molecular flexibility index (Phi) is 3.84. The predicted octanol–water partition coefficient (Wildman–Crippen LogP) is 2.33. The highest BCUT2D eigenvalue weighted by Gasteiger charge is 2.31. The van der Waals surface area contributed by atoms with Gasteiger partial charge in [0.2, 0.25) is 0 Å². The van der Waals surface area contributed by atoms with Gasteiger partial charge in [0.15, 0.2) is 0 Å². The summed E-state index contributed by atoms with van der Waals surface area (Å²) in [6.45, 7) is 1.46. The number of hydrogen-bond donors (Lipinski definition) is 0. The van der Waals surface area contributed by atoms with Gasteiger partial charge in [-0.2, -0.15) is 5.26 Å². The molecule has 68 valence electrons. The molecule has 0 radical (unpaired) electrons. The minimum Gasteiger partial charge on any atom is -0.381 e. The van der Waals surface area contributed by atoms with Crippen LogP contribution in [0.5, 0.6) is 0 Å². The third kappa shape index (κ3) is 2.36. The Hall–Kier alpha value is -0.260. The summed E-state index contributed by atoms with van der Waals surface area (Å²) in [4.78, 5) is 0. The average Bonchev–Trinajstić information content (AvgIpc) is 2.16. The monoisotopic (exact) mass is 187 g/mol. The van der Waals surface area contributed by atoms with Crippen molar-refractivity contribution in [2.75, 3.05) is 19.1 Å². The van der Waals surface area contributed by atoms with Crippen molar-refractivity contribution in [3.05, 3.63) is 0 Å². The van der Waals surface area contributed by atoms with Gasteiger partial charge in [-0.1, -0.05) is 0 Å². The summed E-state index contributed by atoms with van der Waals surface area (Å²) in [6.07, 6.45) is 3.62. The van der Waals surface area contributed by atoms with Crippen LogP contribution in [0.1, 0.15) is 25.7 Å². The van der Waals surface area contributed by atoms with Gasteiger partial charge in [-0.15, -0.1) is 11.6 Å². The molecule has 0 aromatic rings. The van der Waals surface area contributed by atoms with Crippen LogP contribution in [0.15, 0.2) is 0 Å². The second kappa shape index (κ2) is 4.69. The molecule has 1 aliphatic heterocycles. The maximum Gasteiger partial charge on any atom is 0.0691 e. The zero-order valence-electron chi connectivity index (χ0n) is 7.18. The van der Waals surface area contributed by atoms with Gasteiger partial charge in [0.25, 0.3) is 0 Å². The highest BCUT2D eigenvalue weighted by molar-refractivity contribution is 6.17. The van der Waals surface area contributed by atoms with Crippen LogP contribution in [0.25, 0.3) is 0 Å². The van der Waals surface area contributed by atoms with Crippen molar-refractivity contribution in [1.29, 1.82) is 5.26 Å². The maximum atomic E-state index is 9.02. The first-order valence-electron chi connectivity index (χ1n) is 4.38. The quantitative estimate of drug-likeness (QED) is 0.636. The number of halogens is 1. The van der Waals surface area contributed by atoms with Crippen molar-refractivity contribution in [1.82, 2.24) is 0 Å². The van der Waals surface area contributed by atoms with Gasteiger partial charge in [0, 0.05) is 19.1 Å². The van der Waals surface area contributed by atoms with Crippen LogP contribution in [-0.2, 0) is 4.74 Å². The number of rotatable bonds is 3. The van der Waals surface area contributed by atoms with Crippen molar-refractivity contribution < 1.29 is 4.74 Å². The standard InChI is InChI=1S/C9H14ClNO/c10-5-1-2-9(8-11)3-6-12-7-4-9/h1-7H2. The van der Waals surface area contributed by atoms with Crippen molar-refractivity contribution in [2.24, 2.45) is 5.41 Å². The molecule has 0 saturated carbocycles.